The van der Waals surface area contributed by atoms with Crippen molar-refractivity contribution in [2.45, 2.75) is 13.0 Å². The first-order chi connectivity index (χ1) is 18.2. The highest BCUT2D eigenvalue weighted by Crippen LogP contribution is 2.39. The zero-order valence-electron chi connectivity index (χ0n) is 21.2. The quantitative estimate of drug-likeness (QED) is 0.319. The number of anilines is 2. The lowest BCUT2D eigenvalue weighted by molar-refractivity contribution is 0.141. The molecule has 200 valence electrons. The van der Waals surface area contributed by atoms with Crippen molar-refractivity contribution in [3.63, 3.8) is 0 Å². The standard InChI is InChI=1S/C24H27N7O6S/c1-5-37-18-11-6-8-15(25-18)22-26-20-24(31(22)19-16(35-2)9-7-10-17(19)36-3)28-21(29-38(4,33)34)23(27-20)30-12-14(32)13-30/h6-11,14,32H,5,12-13H2,1-4H3,(H,28,29). The van der Waals surface area contributed by atoms with E-state index in [2.05, 4.69) is 19.7 Å². The van der Waals surface area contributed by atoms with Gasteiger partial charge in [-0.05, 0) is 25.1 Å². The molecule has 1 aromatic carbocycles. The van der Waals surface area contributed by atoms with Crippen molar-refractivity contribution < 1.29 is 27.7 Å². The molecule has 2 N–H and O–H groups in total. The maximum absolute atomic E-state index is 12.2. The first-order valence-corrected chi connectivity index (χ1v) is 13.6. The molecule has 1 fully saturated rings. The van der Waals surface area contributed by atoms with Crippen LogP contribution in [0.3, 0.4) is 0 Å². The minimum absolute atomic E-state index is 0.00416. The third-order valence-corrected chi connectivity index (χ3v) is 6.36. The van der Waals surface area contributed by atoms with E-state index in [4.69, 9.17) is 19.2 Å². The normalized spacial score (nSPS) is 13.9. The topological polar surface area (TPSA) is 154 Å². The molecule has 3 aromatic heterocycles. The molecule has 4 heterocycles. The molecule has 0 spiro atoms. The molecule has 14 heteroatoms. The molecule has 0 saturated carbocycles. The zero-order chi connectivity index (χ0) is 27.0. The van der Waals surface area contributed by atoms with Gasteiger partial charge in [0.05, 0.1) is 33.2 Å². The Labute approximate surface area is 219 Å². The fourth-order valence-electron chi connectivity index (χ4n) is 4.18. The highest BCUT2D eigenvalue weighted by Gasteiger charge is 2.32. The summed E-state index contributed by atoms with van der Waals surface area (Å²) in [5.74, 6) is 1.94. The molecule has 13 nitrogen and oxygen atoms in total. The first-order valence-electron chi connectivity index (χ1n) is 11.7. The molecule has 1 aliphatic rings. The Balaban J connectivity index is 1.84. The molecule has 38 heavy (non-hydrogen) atoms. The number of benzene rings is 1. The number of nitrogens with one attached hydrogen (secondary N) is 1. The number of hydrogen-bond acceptors (Lipinski definition) is 11. The third-order valence-electron chi connectivity index (χ3n) is 5.79. The van der Waals surface area contributed by atoms with Crippen molar-refractivity contribution in [1.82, 2.24) is 24.5 Å². The molecule has 0 amide bonds. The number of nitrogens with zero attached hydrogens (tertiary/aromatic N) is 6. The number of fused-ring (bicyclic) bond motifs is 1. The van der Waals surface area contributed by atoms with Crippen LogP contribution < -0.4 is 23.8 Å². The van der Waals surface area contributed by atoms with Crippen molar-refractivity contribution in [2.24, 2.45) is 0 Å². The molecule has 0 aliphatic carbocycles. The Morgan fingerprint density at radius 3 is 2.32 bits per heavy atom. The van der Waals surface area contributed by atoms with Crippen molar-refractivity contribution in [2.75, 3.05) is 49.8 Å². The van der Waals surface area contributed by atoms with Gasteiger partial charge in [-0.15, -0.1) is 0 Å². The highest BCUT2D eigenvalue weighted by molar-refractivity contribution is 7.92. The molecular weight excluding hydrogens is 514 g/mol. The molecule has 4 aromatic rings. The van der Waals surface area contributed by atoms with E-state index in [1.807, 2.05) is 6.92 Å². The number of methoxy groups -OCH3 is 2. The predicted molar refractivity (Wildman–Crippen MR) is 141 cm³/mol. The smallest absolute Gasteiger partial charge is 0.231 e. The number of rotatable bonds is 9. The van der Waals surface area contributed by atoms with Gasteiger partial charge < -0.3 is 24.2 Å². The summed E-state index contributed by atoms with van der Waals surface area (Å²) < 4.78 is 45.5. The minimum atomic E-state index is -3.71. The fourth-order valence-corrected chi connectivity index (χ4v) is 4.67. The molecule has 0 bridgehead atoms. The number of imidazole rings is 1. The predicted octanol–water partition coefficient (Wildman–Crippen LogP) is 1.85. The van der Waals surface area contributed by atoms with Crippen LogP contribution in [-0.2, 0) is 10.0 Å². The van der Waals surface area contributed by atoms with Gasteiger partial charge in [0.15, 0.2) is 23.1 Å². The van der Waals surface area contributed by atoms with E-state index in [1.165, 1.54) is 14.2 Å². The molecule has 5 rings (SSSR count). The largest absolute Gasteiger partial charge is 0.494 e. The van der Waals surface area contributed by atoms with Gasteiger partial charge in [0.1, 0.15) is 22.9 Å². The zero-order valence-corrected chi connectivity index (χ0v) is 22.1. The van der Waals surface area contributed by atoms with Gasteiger partial charge in [-0.3, -0.25) is 9.29 Å². The Hall–Kier alpha value is -4.17. The molecule has 1 saturated heterocycles. The highest BCUT2D eigenvalue weighted by atomic mass is 32.2. The van der Waals surface area contributed by atoms with Crippen LogP contribution >= 0.6 is 0 Å². The van der Waals surface area contributed by atoms with E-state index in [9.17, 15) is 13.5 Å². The van der Waals surface area contributed by atoms with Crippen LogP contribution in [0.5, 0.6) is 17.4 Å². The number of para-hydroxylation sites is 1. The lowest BCUT2D eigenvalue weighted by Gasteiger charge is -2.37. The number of pyridine rings is 1. The van der Waals surface area contributed by atoms with Crippen LogP contribution in [0.1, 0.15) is 6.92 Å². The maximum Gasteiger partial charge on any atom is 0.231 e. The van der Waals surface area contributed by atoms with Crippen molar-refractivity contribution in [3.05, 3.63) is 36.4 Å². The summed E-state index contributed by atoms with van der Waals surface area (Å²) in [5, 5.41) is 9.85. The average Bonchev–Trinajstić information content (AvgIpc) is 3.23. The number of sulfonamides is 1. The van der Waals surface area contributed by atoms with Crippen molar-refractivity contribution in [3.8, 4) is 34.6 Å². The Bertz CT molecular complexity index is 1580. The van der Waals surface area contributed by atoms with E-state index in [0.29, 0.717) is 41.2 Å². The summed E-state index contributed by atoms with van der Waals surface area (Å²) in [6.07, 6.45) is 0.484. The van der Waals surface area contributed by atoms with E-state index < -0.39 is 16.1 Å². The summed E-state index contributed by atoms with van der Waals surface area (Å²) in [7, 11) is -0.653. The summed E-state index contributed by atoms with van der Waals surface area (Å²) in [6, 6.07) is 10.6. The number of hydrogen-bond donors (Lipinski definition) is 2. The van der Waals surface area contributed by atoms with Gasteiger partial charge in [-0.25, -0.2) is 28.4 Å². The fraction of sp³-hybridized carbons (Fsp3) is 0.333. The van der Waals surface area contributed by atoms with Crippen molar-refractivity contribution >= 4 is 33.0 Å². The number of β-amino-alcohol motifs (C(OH)–C–C–N with tert-alkyl or cyclic N) is 1. The molecule has 1 aliphatic heterocycles. The van der Waals surface area contributed by atoms with Crippen molar-refractivity contribution in [1.29, 1.82) is 0 Å². The third kappa shape index (κ3) is 4.75. The second kappa shape index (κ2) is 9.95. The van der Waals surface area contributed by atoms with Crippen LogP contribution in [0.15, 0.2) is 36.4 Å². The summed E-state index contributed by atoms with van der Waals surface area (Å²) in [4.78, 5) is 20.4. The van der Waals surface area contributed by atoms with Crippen LogP contribution in [0.2, 0.25) is 0 Å². The van der Waals surface area contributed by atoms with E-state index in [1.54, 1.807) is 45.9 Å². The van der Waals surface area contributed by atoms with Crippen LogP contribution in [0.25, 0.3) is 28.5 Å². The monoisotopic (exact) mass is 541 g/mol. The summed E-state index contributed by atoms with van der Waals surface area (Å²) in [6.45, 7) is 2.86. The van der Waals surface area contributed by atoms with Crippen LogP contribution in [-0.4, -0.2) is 84.3 Å². The van der Waals surface area contributed by atoms with Gasteiger partial charge >= 0.3 is 0 Å². The number of aromatic nitrogens is 5. The molecule has 0 atom stereocenters. The Morgan fingerprint density at radius 2 is 1.71 bits per heavy atom. The van der Waals surface area contributed by atoms with Gasteiger partial charge in [0.25, 0.3) is 0 Å². The first kappa shape index (κ1) is 25.5. The SMILES string of the molecule is CCOc1cccc(-c2nc3nc(N4CC(O)C4)c(NS(C)(=O)=O)nc3n2-c2c(OC)cccc2OC)n1. The van der Waals surface area contributed by atoms with Crippen LogP contribution in [0, 0.1) is 0 Å². The summed E-state index contributed by atoms with van der Waals surface area (Å²) in [5.41, 5.74) is 1.40. The molecule has 0 radical (unpaired) electrons. The maximum atomic E-state index is 12.2. The van der Waals surface area contributed by atoms with Gasteiger partial charge in [0, 0.05) is 19.2 Å². The van der Waals surface area contributed by atoms with E-state index >= 15 is 0 Å². The Kier molecular flexibility index (Phi) is 6.67. The lowest BCUT2D eigenvalue weighted by Crippen LogP contribution is -2.51. The van der Waals surface area contributed by atoms with E-state index in [0.717, 1.165) is 6.26 Å². The van der Waals surface area contributed by atoms with Gasteiger partial charge in [-0.2, -0.15) is 0 Å². The number of ether oxygens (including phenoxy) is 3. The second-order valence-corrected chi connectivity index (χ2v) is 10.3. The second-order valence-electron chi connectivity index (χ2n) is 8.55. The van der Waals surface area contributed by atoms with Gasteiger partial charge in [-0.1, -0.05) is 12.1 Å². The number of aliphatic hydroxyl groups is 1. The molecular formula is C24H27N7O6S. The lowest BCUT2D eigenvalue weighted by atomic mass is 10.2. The molecule has 0 unspecified atom stereocenters. The summed E-state index contributed by atoms with van der Waals surface area (Å²) >= 11 is 0. The number of aliphatic hydroxyl groups excluding tert-OH is 1. The van der Waals surface area contributed by atoms with E-state index in [-0.39, 0.29) is 36.0 Å². The Morgan fingerprint density at radius 1 is 1.03 bits per heavy atom. The average molecular weight is 542 g/mol. The van der Waals surface area contributed by atoms with Gasteiger partial charge in [0.2, 0.25) is 21.6 Å². The minimum Gasteiger partial charge on any atom is -0.494 e. The van der Waals surface area contributed by atoms with Crippen LogP contribution in [0.4, 0.5) is 11.6 Å².